The van der Waals surface area contributed by atoms with Crippen LogP contribution in [0, 0.1) is 0 Å². The fraction of sp³-hybridized carbons (Fsp3) is 0.0588. The van der Waals surface area contributed by atoms with Gasteiger partial charge in [0.1, 0.15) is 73.9 Å². The number of rotatable bonds is 3. The highest BCUT2D eigenvalue weighted by atomic mass is 16.3. The molecule has 0 N–H and O–H groups in total. The Morgan fingerprint density at radius 3 is 1.45 bits per heavy atom. The standard InChI is InChI=1S/C51H26B8O/c1-51(2)33-10-6-5-9-29(33)30-17-15-27(21-34(30)51)23-11-13-24(14-12-23)37-39-41(45(54)49(58)47(56)43(39)52)38(42-40(37)44(53)48(57)50(59)46(42)55)28-16-18-35-31(20-28)32-19-25-7-3-4-8-26(25)22-36(32)60-35/h3-22H,1-2H3. The Bertz CT molecular complexity index is 3470. The molecule has 0 atom stereocenters. The van der Waals surface area contributed by atoms with Crippen molar-refractivity contribution in [1.29, 1.82) is 0 Å². The van der Waals surface area contributed by atoms with E-state index in [4.69, 9.17) is 67.2 Å². The van der Waals surface area contributed by atoms with E-state index in [0.717, 1.165) is 55.0 Å². The van der Waals surface area contributed by atoms with Gasteiger partial charge in [-0.1, -0.05) is 127 Å². The van der Waals surface area contributed by atoms with Crippen molar-refractivity contribution in [3.63, 3.8) is 0 Å². The Hall–Kier alpha value is -5.92. The topological polar surface area (TPSA) is 13.1 Å². The van der Waals surface area contributed by atoms with Gasteiger partial charge in [0, 0.05) is 16.2 Å². The summed E-state index contributed by atoms with van der Waals surface area (Å²) in [5.41, 5.74) is 13.2. The van der Waals surface area contributed by atoms with Crippen LogP contribution in [-0.4, -0.2) is 62.8 Å². The lowest BCUT2D eigenvalue weighted by atomic mass is 9.59. The average molecular weight is 741 g/mol. The van der Waals surface area contributed by atoms with Gasteiger partial charge in [0.25, 0.3) is 0 Å². The number of furan rings is 1. The molecule has 0 aliphatic heterocycles. The first-order valence-electron chi connectivity index (χ1n) is 19.8. The summed E-state index contributed by atoms with van der Waals surface area (Å²) in [4.78, 5) is 0. The van der Waals surface area contributed by atoms with E-state index in [1.807, 2.05) is 24.3 Å². The molecule has 1 aromatic heterocycles. The molecule has 0 fully saturated rings. The van der Waals surface area contributed by atoms with E-state index in [1.54, 1.807) is 0 Å². The molecular weight excluding hydrogens is 715 g/mol. The van der Waals surface area contributed by atoms with Gasteiger partial charge in [-0.05, 0) is 118 Å². The third-order valence-corrected chi connectivity index (χ3v) is 13.0. The molecule has 260 valence electrons. The molecule has 9 aromatic carbocycles. The Balaban J connectivity index is 1.19. The number of fused-ring (bicyclic) bond motifs is 9. The molecule has 60 heavy (non-hydrogen) atoms. The van der Waals surface area contributed by atoms with Gasteiger partial charge in [0.2, 0.25) is 0 Å². The smallest absolute Gasteiger partial charge is 0.136 e. The molecule has 11 rings (SSSR count). The van der Waals surface area contributed by atoms with Gasteiger partial charge < -0.3 is 4.42 Å². The summed E-state index contributed by atoms with van der Waals surface area (Å²) in [7, 11) is 54.9. The lowest BCUT2D eigenvalue weighted by molar-refractivity contribution is 0.660. The highest BCUT2D eigenvalue weighted by molar-refractivity contribution is 6.71. The van der Waals surface area contributed by atoms with Crippen LogP contribution in [0.15, 0.2) is 126 Å². The van der Waals surface area contributed by atoms with Crippen LogP contribution in [0.2, 0.25) is 0 Å². The summed E-state index contributed by atoms with van der Waals surface area (Å²) in [5.74, 6) is 0. The minimum Gasteiger partial charge on any atom is -0.456 e. The van der Waals surface area contributed by atoms with Crippen molar-refractivity contribution >= 4 is 161 Å². The molecule has 10 aromatic rings. The number of benzene rings is 9. The van der Waals surface area contributed by atoms with Crippen molar-refractivity contribution in [3.05, 3.63) is 132 Å². The minimum atomic E-state index is -0.135. The molecule has 9 heteroatoms. The third kappa shape index (κ3) is 5.05. The van der Waals surface area contributed by atoms with Gasteiger partial charge in [0.15, 0.2) is 0 Å². The van der Waals surface area contributed by atoms with Crippen LogP contribution in [0.5, 0.6) is 0 Å². The molecule has 16 radical (unpaired) electrons. The van der Waals surface area contributed by atoms with Gasteiger partial charge in [-0.3, -0.25) is 0 Å². The zero-order valence-electron chi connectivity index (χ0n) is 33.1. The summed E-state index contributed by atoms with van der Waals surface area (Å²) in [6.45, 7) is 4.57. The summed E-state index contributed by atoms with van der Waals surface area (Å²) >= 11 is 0. The van der Waals surface area contributed by atoms with Gasteiger partial charge in [-0.15, -0.1) is 21.9 Å². The van der Waals surface area contributed by atoms with Gasteiger partial charge >= 0.3 is 0 Å². The normalized spacial score (nSPS) is 13.2. The van der Waals surface area contributed by atoms with Crippen molar-refractivity contribution in [2.24, 2.45) is 0 Å². The van der Waals surface area contributed by atoms with Crippen molar-refractivity contribution in [2.75, 3.05) is 0 Å². The molecule has 0 spiro atoms. The van der Waals surface area contributed by atoms with Crippen LogP contribution in [0.3, 0.4) is 0 Å². The summed E-state index contributed by atoms with van der Waals surface area (Å²) in [5, 5.41) is 6.32. The lowest BCUT2D eigenvalue weighted by Gasteiger charge is -2.28. The second kappa shape index (κ2) is 13.0. The average Bonchev–Trinajstić information content (AvgIpc) is 3.74. The van der Waals surface area contributed by atoms with E-state index in [0.29, 0.717) is 32.7 Å². The Labute approximate surface area is 359 Å². The molecule has 0 saturated heterocycles. The molecule has 0 amide bonds. The van der Waals surface area contributed by atoms with Gasteiger partial charge in [-0.2, -0.15) is 0 Å². The molecule has 0 bridgehead atoms. The molecule has 1 aliphatic rings. The molecule has 0 saturated carbocycles. The van der Waals surface area contributed by atoms with E-state index < -0.39 is 0 Å². The number of hydrogen-bond acceptors (Lipinski definition) is 1. The summed E-state index contributed by atoms with van der Waals surface area (Å²) in [6.07, 6.45) is 0. The largest absolute Gasteiger partial charge is 0.456 e. The maximum absolute atomic E-state index is 7.06. The molecule has 1 nitrogen and oxygen atoms in total. The summed E-state index contributed by atoms with van der Waals surface area (Å²) < 4.78 is 6.38. The minimum absolute atomic E-state index is 0.135. The van der Waals surface area contributed by atoms with Crippen LogP contribution in [0.4, 0.5) is 0 Å². The van der Waals surface area contributed by atoms with E-state index in [1.165, 1.54) is 22.3 Å². The van der Waals surface area contributed by atoms with E-state index >= 15 is 0 Å². The van der Waals surface area contributed by atoms with E-state index in [9.17, 15) is 0 Å². The second-order valence-electron chi connectivity index (χ2n) is 16.6. The van der Waals surface area contributed by atoms with Crippen LogP contribution in [0.1, 0.15) is 25.0 Å². The van der Waals surface area contributed by atoms with Gasteiger partial charge in [0.05, 0.1) is 0 Å². The summed E-state index contributed by atoms with van der Waals surface area (Å²) in [6, 6.07) is 42.0. The Kier molecular flexibility index (Phi) is 8.06. The first kappa shape index (κ1) is 37.1. The van der Waals surface area contributed by atoms with Crippen molar-refractivity contribution in [3.8, 4) is 44.5 Å². The highest BCUT2D eigenvalue weighted by Crippen LogP contribution is 2.50. The highest BCUT2D eigenvalue weighted by Gasteiger charge is 2.35. The SMILES string of the molecule is [B]c1c([B])c([B])c2c(-c3ccc4oc5cc6ccccc6cc5c4c3)c3c([B])c([B])c([B])c([B])c3c(-c3ccc(-c4ccc5c(c4)C(C)(C)c4ccccc4-5)cc3)c2c1[B]. The van der Waals surface area contributed by atoms with Gasteiger partial charge in [-0.25, -0.2) is 0 Å². The predicted octanol–water partition coefficient (Wildman–Crippen LogP) is 4.70. The maximum Gasteiger partial charge on any atom is 0.136 e. The second-order valence-corrected chi connectivity index (χ2v) is 16.6. The maximum atomic E-state index is 7.06. The van der Waals surface area contributed by atoms with Crippen molar-refractivity contribution in [2.45, 2.75) is 19.3 Å². The fourth-order valence-corrected chi connectivity index (χ4v) is 9.85. The van der Waals surface area contributed by atoms with Crippen molar-refractivity contribution < 1.29 is 4.42 Å². The van der Waals surface area contributed by atoms with Crippen LogP contribution >= 0.6 is 0 Å². The zero-order chi connectivity index (χ0) is 41.5. The first-order chi connectivity index (χ1) is 28.8. The Morgan fingerprint density at radius 1 is 0.367 bits per heavy atom. The molecular formula is C51H26B8O. The quantitative estimate of drug-likeness (QED) is 0.189. The predicted molar refractivity (Wildman–Crippen MR) is 263 cm³/mol. The monoisotopic (exact) mass is 742 g/mol. The van der Waals surface area contributed by atoms with E-state index in [-0.39, 0.29) is 49.1 Å². The van der Waals surface area contributed by atoms with Crippen molar-refractivity contribution in [1.82, 2.24) is 0 Å². The van der Waals surface area contributed by atoms with Crippen LogP contribution in [0.25, 0.3) is 98.8 Å². The van der Waals surface area contributed by atoms with Crippen LogP contribution < -0.4 is 43.7 Å². The first-order valence-corrected chi connectivity index (χ1v) is 19.8. The molecule has 1 heterocycles. The molecule has 1 aliphatic carbocycles. The Morgan fingerprint density at radius 2 is 0.833 bits per heavy atom. The molecule has 0 unspecified atom stereocenters. The van der Waals surface area contributed by atoms with E-state index in [2.05, 4.69) is 111 Å². The zero-order valence-corrected chi connectivity index (χ0v) is 33.1. The number of hydrogen-bond donors (Lipinski definition) is 0. The lowest BCUT2D eigenvalue weighted by Crippen LogP contribution is -2.50. The van der Waals surface area contributed by atoms with Crippen LogP contribution in [-0.2, 0) is 5.41 Å². The third-order valence-electron chi connectivity index (χ3n) is 13.0. The fourth-order valence-electron chi connectivity index (χ4n) is 9.85.